The fraction of sp³-hybridized carbons (Fsp3) is 0.708. The van der Waals surface area contributed by atoms with E-state index in [1.165, 1.54) is 37.7 Å². The second-order valence-corrected chi connectivity index (χ2v) is 12.3. The molecule has 1 saturated heterocycles. The molecule has 0 amide bonds. The van der Waals surface area contributed by atoms with E-state index >= 15 is 0 Å². The Labute approximate surface area is 204 Å². The van der Waals surface area contributed by atoms with Crippen molar-refractivity contribution in [2.24, 2.45) is 0 Å². The Balaban J connectivity index is 0.000000451. The van der Waals surface area contributed by atoms with Crippen LogP contribution >= 0.6 is 30.6 Å². The molecule has 1 aromatic rings. The van der Waals surface area contributed by atoms with Crippen molar-refractivity contribution in [1.82, 2.24) is 5.32 Å². The molecule has 0 bridgehead atoms. The fourth-order valence-corrected chi connectivity index (χ4v) is 9.13. The zero-order valence-corrected chi connectivity index (χ0v) is 22.7. The van der Waals surface area contributed by atoms with Crippen LogP contribution in [0.4, 0.5) is 0 Å². The van der Waals surface area contributed by atoms with Crippen LogP contribution in [0, 0.1) is 11.3 Å². The number of nitrogens with one attached hydrogen (secondary N) is 1. The van der Waals surface area contributed by atoms with Crippen molar-refractivity contribution in [2.75, 3.05) is 13.7 Å². The van der Waals surface area contributed by atoms with E-state index in [0.717, 1.165) is 5.75 Å². The van der Waals surface area contributed by atoms with Crippen LogP contribution in [0.1, 0.15) is 77.0 Å². The SMILES string of the molecule is CC(C)NC(C)C.COc1ccc(C2SSC3(CCCCC3)C2OPOCCC#N)cc1. The molecule has 0 radical (unpaired) electrons. The maximum Gasteiger partial charge on any atom is 0.155 e. The van der Waals surface area contributed by atoms with Gasteiger partial charge in [0.2, 0.25) is 0 Å². The second kappa shape index (κ2) is 14.7. The van der Waals surface area contributed by atoms with E-state index in [1.54, 1.807) is 7.11 Å². The summed E-state index contributed by atoms with van der Waals surface area (Å²) >= 11 is 0. The van der Waals surface area contributed by atoms with Crippen LogP contribution in [0.3, 0.4) is 0 Å². The standard InChI is InChI=1S/C18H24NO3PS2.C6H15N/c1-20-15-8-6-14(7-9-15)16-17(22-23-21-13-5-12-19)18(25-24-16)10-3-2-4-11-18;1-5(2)7-6(3)4/h6-9,16-17,23H,2-5,10-11,13H2,1H3;5-7H,1-4H3. The molecule has 1 N–H and O–H groups in total. The summed E-state index contributed by atoms with van der Waals surface area (Å²) < 4.78 is 17.3. The number of hydrogen-bond donors (Lipinski definition) is 1. The minimum atomic E-state index is 0.000434. The van der Waals surface area contributed by atoms with Crippen molar-refractivity contribution in [2.45, 2.75) is 94.4 Å². The van der Waals surface area contributed by atoms with Gasteiger partial charge in [0.05, 0.1) is 42.3 Å². The maximum absolute atomic E-state index is 8.62. The lowest BCUT2D eigenvalue weighted by atomic mass is 9.82. The third-order valence-corrected chi connectivity index (χ3v) is 9.85. The molecule has 3 unspecified atom stereocenters. The molecule has 1 aromatic carbocycles. The first-order valence-electron chi connectivity index (χ1n) is 11.6. The average Bonchev–Trinajstić information content (AvgIpc) is 3.11. The van der Waals surface area contributed by atoms with Crippen molar-refractivity contribution in [3.8, 4) is 11.8 Å². The van der Waals surface area contributed by atoms with Crippen LogP contribution in [0.15, 0.2) is 24.3 Å². The van der Waals surface area contributed by atoms with E-state index in [1.807, 2.05) is 33.7 Å². The molecule has 1 heterocycles. The number of methoxy groups -OCH3 is 1. The Hall–Kier alpha value is -0.480. The minimum Gasteiger partial charge on any atom is -0.497 e. The quantitative estimate of drug-likeness (QED) is 0.222. The van der Waals surface area contributed by atoms with E-state index in [-0.39, 0.29) is 19.9 Å². The number of nitrogens with zero attached hydrogens (tertiary/aromatic N) is 1. The highest BCUT2D eigenvalue weighted by molar-refractivity contribution is 8.77. The fourth-order valence-electron chi connectivity index (χ4n) is 4.12. The molecular formula is C24H39N2O3PS2. The van der Waals surface area contributed by atoms with Gasteiger partial charge in [-0.1, -0.05) is 80.7 Å². The summed E-state index contributed by atoms with van der Waals surface area (Å²) in [4.78, 5) is 0. The molecule has 2 aliphatic rings. The molecular weight excluding hydrogens is 459 g/mol. The normalized spacial score (nSPS) is 22.3. The first kappa shape index (κ1) is 27.8. The van der Waals surface area contributed by atoms with Gasteiger partial charge in [0.25, 0.3) is 0 Å². The highest BCUT2D eigenvalue weighted by Gasteiger charge is 2.52. The second-order valence-electron chi connectivity index (χ2n) is 8.85. The average molecular weight is 499 g/mol. The van der Waals surface area contributed by atoms with Gasteiger partial charge in [-0.25, -0.2) is 0 Å². The van der Waals surface area contributed by atoms with E-state index in [0.29, 0.717) is 30.4 Å². The van der Waals surface area contributed by atoms with E-state index in [4.69, 9.17) is 19.0 Å². The molecule has 0 aromatic heterocycles. The Kier molecular flexibility index (Phi) is 12.8. The Morgan fingerprint density at radius 2 is 1.78 bits per heavy atom. The number of rotatable bonds is 9. The highest BCUT2D eigenvalue weighted by atomic mass is 33.1. The van der Waals surface area contributed by atoms with E-state index < -0.39 is 0 Å². The van der Waals surface area contributed by atoms with Crippen molar-refractivity contribution in [3.05, 3.63) is 29.8 Å². The lowest BCUT2D eigenvalue weighted by molar-refractivity contribution is 0.130. The van der Waals surface area contributed by atoms with Gasteiger partial charge in [-0.2, -0.15) is 5.26 Å². The van der Waals surface area contributed by atoms with Gasteiger partial charge in [-0.3, -0.25) is 0 Å². The molecule has 1 spiro atoms. The summed E-state index contributed by atoms with van der Waals surface area (Å²) in [5.74, 6) is 0.881. The van der Waals surface area contributed by atoms with Gasteiger partial charge >= 0.3 is 0 Å². The van der Waals surface area contributed by atoms with Crippen molar-refractivity contribution < 1.29 is 13.8 Å². The van der Waals surface area contributed by atoms with Crippen LogP contribution in [0.25, 0.3) is 0 Å². The summed E-state index contributed by atoms with van der Waals surface area (Å²) in [6.45, 7) is 9.06. The molecule has 2 fully saturated rings. The molecule has 8 heteroatoms. The molecule has 1 aliphatic carbocycles. The number of ether oxygens (including phenoxy) is 1. The number of nitriles is 1. The van der Waals surface area contributed by atoms with Gasteiger partial charge in [0.1, 0.15) is 5.75 Å². The number of benzene rings is 1. The highest BCUT2D eigenvalue weighted by Crippen LogP contribution is 2.64. The third kappa shape index (κ3) is 8.70. The van der Waals surface area contributed by atoms with Crippen molar-refractivity contribution >= 4 is 30.6 Å². The van der Waals surface area contributed by atoms with Crippen molar-refractivity contribution in [1.29, 1.82) is 5.26 Å². The van der Waals surface area contributed by atoms with Crippen molar-refractivity contribution in [3.63, 3.8) is 0 Å². The smallest absolute Gasteiger partial charge is 0.155 e. The molecule has 1 aliphatic heterocycles. The van der Waals surface area contributed by atoms with Gasteiger partial charge in [0.15, 0.2) is 9.03 Å². The predicted molar refractivity (Wildman–Crippen MR) is 140 cm³/mol. The summed E-state index contributed by atoms with van der Waals surface area (Å²) in [5.41, 5.74) is 1.28. The topological polar surface area (TPSA) is 63.5 Å². The van der Waals surface area contributed by atoms with E-state index in [2.05, 4.69) is 51.2 Å². The zero-order chi connectivity index (χ0) is 23.4. The Morgan fingerprint density at radius 3 is 2.31 bits per heavy atom. The largest absolute Gasteiger partial charge is 0.497 e. The van der Waals surface area contributed by atoms with Crippen LogP contribution in [0.5, 0.6) is 5.75 Å². The lowest BCUT2D eigenvalue weighted by Crippen LogP contribution is -2.40. The third-order valence-electron chi connectivity index (χ3n) is 5.47. The number of hydrogen-bond acceptors (Lipinski definition) is 7. The summed E-state index contributed by atoms with van der Waals surface area (Å²) in [5, 5.41) is 12.2. The zero-order valence-electron chi connectivity index (χ0n) is 20.1. The summed E-state index contributed by atoms with van der Waals surface area (Å²) in [7, 11) is 5.64. The van der Waals surface area contributed by atoms with Crippen LogP contribution in [-0.2, 0) is 9.05 Å². The molecule has 3 rings (SSSR count). The first-order chi connectivity index (χ1) is 15.4. The Morgan fingerprint density at radius 1 is 1.12 bits per heavy atom. The monoisotopic (exact) mass is 498 g/mol. The van der Waals surface area contributed by atoms with Crippen LogP contribution in [-0.4, -0.2) is 36.7 Å². The summed E-state index contributed by atoms with van der Waals surface area (Å²) in [6.07, 6.45) is 6.87. The molecule has 1 saturated carbocycles. The van der Waals surface area contributed by atoms with E-state index in [9.17, 15) is 0 Å². The molecule has 180 valence electrons. The van der Waals surface area contributed by atoms with Gasteiger partial charge in [-0.15, -0.1) is 0 Å². The van der Waals surface area contributed by atoms with Gasteiger partial charge < -0.3 is 19.1 Å². The summed E-state index contributed by atoms with van der Waals surface area (Å²) in [6, 6.07) is 11.7. The van der Waals surface area contributed by atoms with Gasteiger partial charge in [0, 0.05) is 12.1 Å². The lowest BCUT2D eigenvalue weighted by Gasteiger charge is -2.38. The molecule has 3 atom stereocenters. The minimum absolute atomic E-state index is 0.000434. The maximum atomic E-state index is 8.62. The first-order valence-corrected chi connectivity index (χ1v) is 14.6. The molecule has 32 heavy (non-hydrogen) atoms. The molecule has 5 nitrogen and oxygen atoms in total. The Bertz CT molecular complexity index is 685. The predicted octanol–water partition coefficient (Wildman–Crippen LogP) is 7.05. The van der Waals surface area contributed by atoms with Crippen LogP contribution in [0.2, 0.25) is 0 Å². The van der Waals surface area contributed by atoms with Gasteiger partial charge in [-0.05, 0) is 30.5 Å². The van der Waals surface area contributed by atoms with Crippen LogP contribution < -0.4 is 10.1 Å².